The fourth-order valence-corrected chi connectivity index (χ4v) is 1.32. The van der Waals surface area contributed by atoms with Crippen molar-refractivity contribution in [2.75, 3.05) is 6.54 Å². The Hall–Kier alpha value is -1.36. The third-order valence-electron chi connectivity index (χ3n) is 2.09. The van der Waals surface area contributed by atoms with Crippen LogP contribution in [0.5, 0.6) is 0 Å². The number of nitrogens with zero attached hydrogens (tertiary/aromatic N) is 1. The Morgan fingerprint density at radius 1 is 1.73 bits per heavy atom. The maximum absolute atomic E-state index is 11.4. The number of carbonyl (C=O) groups is 1. The Balaban J connectivity index is 2.40. The molecule has 1 aromatic heterocycles. The van der Waals surface area contributed by atoms with Gasteiger partial charge in [-0.1, -0.05) is 18.5 Å². The fourth-order valence-electron chi connectivity index (χ4n) is 1.32. The van der Waals surface area contributed by atoms with Gasteiger partial charge in [0, 0.05) is 12.6 Å². The van der Waals surface area contributed by atoms with Crippen molar-refractivity contribution < 1.29 is 14.4 Å². The van der Waals surface area contributed by atoms with Gasteiger partial charge in [0.2, 0.25) is 0 Å². The minimum Gasteiger partial charge on any atom is -0.388 e. The molecule has 84 valence electrons. The minimum absolute atomic E-state index is 0.215. The summed E-state index contributed by atoms with van der Waals surface area (Å²) in [5.41, 5.74) is -0.643. The summed E-state index contributed by atoms with van der Waals surface area (Å²) in [5, 5.41) is 15.9. The summed E-state index contributed by atoms with van der Waals surface area (Å²) in [4.78, 5) is 11.4. The van der Waals surface area contributed by atoms with Gasteiger partial charge in [-0.05, 0) is 13.3 Å². The minimum atomic E-state index is -0.867. The van der Waals surface area contributed by atoms with Gasteiger partial charge < -0.3 is 14.9 Å². The summed E-state index contributed by atoms with van der Waals surface area (Å²) in [6.45, 7) is 3.89. The summed E-state index contributed by atoms with van der Waals surface area (Å²) in [7, 11) is 0. The zero-order valence-corrected chi connectivity index (χ0v) is 8.99. The Morgan fingerprint density at radius 3 is 3.00 bits per heavy atom. The largest absolute Gasteiger partial charge is 0.388 e. The lowest BCUT2D eigenvalue weighted by Gasteiger charge is -2.22. The number of carbonyl (C=O) groups excluding carboxylic acids is 1. The van der Waals surface area contributed by atoms with Crippen LogP contribution in [-0.4, -0.2) is 28.3 Å². The van der Waals surface area contributed by atoms with Crippen LogP contribution in [0, 0.1) is 0 Å². The highest BCUT2D eigenvalue weighted by Crippen LogP contribution is 2.10. The Morgan fingerprint density at radius 2 is 2.47 bits per heavy atom. The number of hydrogen-bond acceptors (Lipinski definition) is 4. The Bertz CT molecular complexity index is 306. The van der Waals surface area contributed by atoms with E-state index in [9.17, 15) is 9.90 Å². The standard InChI is InChI=1S/C10H16N2O3/c1-3-5-10(2,14)7-11-9(13)8-4-6-15-12-8/h4,6,14H,3,5,7H2,1-2H3,(H,11,13). The highest BCUT2D eigenvalue weighted by atomic mass is 16.5. The van der Waals surface area contributed by atoms with Crippen molar-refractivity contribution in [3.63, 3.8) is 0 Å². The number of rotatable bonds is 5. The maximum Gasteiger partial charge on any atom is 0.273 e. The second-order valence-electron chi connectivity index (χ2n) is 3.81. The normalized spacial score (nSPS) is 14.6. The molecule has 0 bridgehead atoms. The molecule has 5 nitrogen and oxygen atoms in total. The van der Waals surface area contributed by atoms with Gasteiger partial charge in [-0.2, -0.15) is 0 Å². The van der Waals surface area contributed by atoms with Crippen molar-refractivity contribution in [2.24, 2.45) is 0 Å². The van der Waals surface area contributed by atoms with E-state index in [0.717, 1.165) is 6.42 Å². The van der Waals surface area contributed by atoms with Crippen molar-refractivity contribution in [3.8, 4) is 0 Å². The van der Waals surface area contributed by atoms with Gasteiger partial charge in [0.05, 0.1) is 5.60 Å². The lowest BCUT2D eigenvalue weighted by molar-refractivity contribution is 0.0467. The van der Waals surface area contributed by atoms with Crippen molar-refractivity contribution in [2.45, 2.75) is 32.3 Å². The van der Waals surface area contributed by atoms with Crippen LogP contribution in [0.2, 0.25) is 0 Å². The number of hydrogen-bond donors (Lipinski definition) is 2. The molecule has 1 amide bonds. The number of aliphatic hydroxyl groups is 1. The van der Waals surface area contributed by atoms with Crippen LogP contribution in [0.15, 0.2) is 16.9 Å². The van der Waals surface area contributed by atoms with Crippen molar-refractivity contribution in [1.82, 2.24) is 10.5 Å². The molecule has 0 spiro atoms. The van der Waals surface area contributed by atoms with Crippen LogP contribution in [0.4, 0.5) is 0 Å². The van der Waals surface area contributed by atoms with Gasteiger partial charge in [0.15, 0.2) is 5.69 Å². The van der Waals surface area contributed by atoms with Crippen molar-refractivity contribution >= 4 is 5.91 Å². The summed E-state index contributed by atoms with van der Waals surface area (Å²) < 4.78 is 4.54. The van der Waals surface area contributed by atoms with Gasteiger partial charge in [-0.15, -0.1) is 0 Å². The van der Waals surface area contributed by atoms with Crippen LogP contribution >= 0.6 is 0 Å². The summed E-state index contributed by atoms with van der Waals surface area (Å²) in [6.07, 6.45) is 2.85. The predicted molar refractivity (Wildman–Crippen MR) is 54.4 cm³/mol. The van der Waals surface area contributed by atoms with Gasteiger partial charge in [0.1, 0.15) is 6.26 Å². The third-order valence-corrected chi connectivity index (χ3v) is 2.09. The van der Waals surface area contributed by atoms with Crippen molar-refractivity contribution in [1.29, 1.82) is 0 Å². The first-order valence-corrected chi connectivity index (χ1v) is 4.96. The molecule has 0 aliphatic rings. The molecule has 0 saturated heterocycles. The molecule has 1 atom stereocenters. The molecule has 5 heteroatoms. The van der Waals surface area contributed by atoms with Crippen LogP contribution in [0.25, 0.3) is 0 Å². The second-order valence-corrected chi connectivity index (χ2v) is 3.81. The van der Waals surface area contributed by atoms with E-state index in [1.54, 1.807) is 6.92 Å². The highest BCUT2D eigenvalue weighted by Gasteiger charge is 2.20. The average Bonchev–Trinajstić information content (AvgIpc) is 2.67. The maximum atomic E-state index is 11.4. The number of amides is 1. The lowest BCUT2D eigenvalue weighted by atomic mass is 10.0. The number of nitrogens with one attached hydrogen (secondary N) is 1. The molecule has 1 heterocycles. The average molecular weight is 212 g/mol. The van der Waals surface area contributed by atoms with E-state index in [0.29, 0.717) is 6.42 Å². The van der Waals surface area contributed by atoms with Gasteiger partial charge in [-0.25, -0.2) is 0 Å². The molecule has 0 aliphatic heterocycles. The molecule has 1 unspecified atom stereocenters. The molecule has 0 fully saturated rings. The Labute approximate surface area is 88.5 Å². The molecule has 0 aliphatic carbocycles. The van der Waals surface area contributed by atoms with Gasteiger partial charge >= 0.3 is 0 Å². The molecule has 0 radical (unpaired) electrons. The molecule has 1 rings (SSSR count). The topological polar surface area (TPSA) is 75.4 Å². The van der Waals surface area contributed by atoms with E-state index in [2.05, 4.69) is 15.0 Å². The molecule has 2 N–H and O–H groups in total. The highest BCUT2D eigenvalue weighted by molar-refractivity contribution is 5.91. The molecule has 0 aromatic carbocycles. The van der Waals surface area contributed by atoms with E-state index in [4.69, 9.17) is 0 Å². The summed E-state index contributed by atoms with van der Waals surface area (Å²) in [6, 6.07) is 1.48. The van der Waals surface area contributed by atoms with Crippen LogP contribution in [0.3, 0.4) is 0 Å². The second kappa shape index (κ2) is 4.93. The third kappa shape index (κ3) is 3.71. The van der Waals surface area contributed by atoms with E-state index in [1.165, 1.54) is 12.3 Å². The molecule has 15 heavy (non-hydrogen) atoms. The SMILES string of the molecule is CCCC(C)(O)CNC(=O)c1ccon1. The van der Waals surface area contributed by atoms with Gasteiger partial charge in [0.25, 0.3) is 5.91 Å². The summed E-state index contributed by atoms with van der Waals surface area (Å²) in [5.74, 6) is -0.333. The molecule has 0 saturated carbocycles. The summed E-state index contributed by atoms with van der Waals surface area (Å²) >= 11 is 0. The number of aromatic nitrogens is 1. The zero-order valence-electron chi connectivity index (χ0n) is 8.99. The van der Waals surface area contributed by atoms with E-state index in [-0.39, 0.29) is 18.1 Å². The predicted octanol–water partition coefficient (Wildman–Crippen LogP) is 0.956. The van der Waals surface area contributed by atoms with E-state index >= 15 is 0 Å². The van der Waals surface area contributed by atoms with Crippen molar-refractivity contribution in [3.05, 3.63) is 18.0 Å². The monoisotopic (exact) mass is 212 g/mol. The first kappa shape index (κ1) is 11.7. The van der Waals surface area contributed by atoms with Crippen LogP contribution < -0.4 is 5.32 Å². The zero-order chi connectivity index (χ0) is 11.3. The first-order valence-electron chi connectivity index (χ1n) is 4.96. The molecular weight excluding hydrogens is 196 g/mol. The van der Waals surface area contributed by atoms with Crippen LogP contribution in [0.1, 0.15) is 37.2 Å². The van der Waals surface area contributed by atoms with Crippen LogP contribution in [-0.2, 0) is 0 Å². The Kier molecular flexibility index (Phi) is 3.85. The van der Waals surface area contributed by atoms with E-state index in [1.807, 2.05) is 6.92 Å². The smallest absolute Gasteiger partial charge is 0.273 e. The fraction of sp³-hybridized carbons (Fsp3) is 0.600. The van der Waals surface area contributed by atoms with Gasteiger partial charge in [-0.3, -0.25) is 4.79 Å². The van der Waals surface area contributed by atoms with E-state index < -0.39 is 5.60 Å². The lowest BCUT2D eigenvalue weighted by Crippen LogP contribution is -2.40. The quantitative estimate of drug-likeness (QED) is 0.762. The molecular formula is C10H16N2O3. The first-order chi connectivity index (χ1) is 7.05. The molecule has 1 aromatic rings.